The molecule has 1 aliphatic heterocycles. The van der Waals surface area contributed by atoms with E-state index in [1.807, 2.05) is 0 Å². The van der Waals surface area contributed by atoms with Crippen LogP contribution in [0.1, 0.15) is 39.0 Å². The van der Waals surface area contributed by atoms with E-state index in [2.05, 4.69) is 12.2 Å². The van der Waals surface area contributed by atoms with Gasteiger partial charge in [0.1, 0.15) is 0 Å². The van der Waals surface area contributed by atoms with Crippen LogP contribution in [-0.2, 0) is 9.53 Å². The highest BCUT2D eigenvalue weighted by Gasteiger charge is 2.32. The maximum Gasteiger partial charge on any atom is 0.225 e. The molecule has 1 aliphatic rings. The number of unbranched alkanes of at least 4 members (excludes halogenated alkanes) is 2. The molecule has 1 rings (SSSR count). The van der Waals surface area contributed by atoms with Crippen molar-refractivity contribution in [1.82, 2.24) is 5.32 Å². The fourth-order valence-corrected chi connectivity index (χ4v) is 2.14. The van der Waals surface area contributed by atoms with Crippen molar-refractivity contribution in [1.29, 1.82) is 0 Å². The first-order valence-corrected chi connectivity index (χ1v) is 6.39. The minimum Gasteiger partial charge on any atom is -0.377 e. The number of carbonyl (C=O) groups excluding carboxylic acids is 1. The quantitative estimate of drug-likeness (QED) is 0.640. The fraction of sp³-hybridized carbons (Fsp3) is 0.917. The van der Waals surface area contributed by atoms with E-state index in [1.165, 1.54) is 0 Å². The molecular formula is C12H24N2O2. The SMILES string of the molecule is CCC1OCCC1C(=O)NCCCCCN. The van der Waals surface area contributed by atoms with E-state index in [0.717, 1.165) is 51.8 Å². The third-order valence-corrected chi connectivity index (χ3v) is 3.13. The number of carbonyl (C=O) groups is 1. The maximum absolute atomic E-state index is 11.8. The lowest BCUT2D eigenvalue weighted by Gasteiger charge is -2.16. The van der Waals surface area contributed by atoms with E-state index in [0.29, 0.717) is 0 Å². The van der Waals surface area contributed by atoms with Gasteiger partial charge in [-0.05, 0) is 32.2 Å². The molecule has 0 radical (unpaired) electrons. The molecule has 0 bridgehead atoms. The summed E-state index contributed by atoms with van der Waals surface area (Å²) in [5.74, 6) is 0.233. The molecule has 1 saturated heterocycles. The van der Waals surface area contributed by atoms with Gasteiger partial charge < -0.3 is 15.8 Å². The molecular weight excluding hydrogens is 204 g/mol. The Balaban J connectivity index is 2.14. The number of amides is 1. The Bertz CT molecular complexity index is 209. The summed E-state index contributed by atoms with van der Waals surface area (Å²) in [6, 6.07) is 0. The van der Waals surface area contributed by atoms with Gasteiger partial charge in [0.05, 0.1) is 12.0 Å². The summed E-state index contributed by atoms with van der Waals surface area (Å²) in [5.41, 5.74) is 5.40. The van der Waals surface area contributed by atoms with Crippen LogP contribution < -0.4 is 11.1 Å². The van der Waals surface area contributed by atoms with Crippen molar-refractivity contribution in [2.24, 2.45) is 11.7 Å². The molecule has 4 nitrogen and oxygen atoms in total. The number of hydrogen-bond donors (Lipinski definition) is 2. The minimum absolute atomic E-state index is 0.0690. The van der Waals surface area contributed by atoms with Crippen LogP contribution in [0.5, 0.6) is 0 Å². The highest BCUT2D eigenvalue weighted by molar-refractivity contribution is 5.79. The molecule has 0 aromatic carbocycles. The van der Waals surface area contributed by atoms with Crippen LogP contribution in [0.15, 0.2) is 0 Å². The van der Waals surface area contributed by atoms with Gasteiger partial charge in [-0.15, -0.1) is 0 Å². The Kier molecular flexibility index (Phi) is 6.42. The molecule has 1 heterocycles. The molecule has 4 heteroatoms. The second kappa shape index (κ2) is 7.63. The lowest BCUT2D eigenvalue weighted by atomic mass is 9.99. The average molecular weight is 228 g/mol. The van der Waals surface area contributed by atoms with Gasteiger partial charge in [0.2, 0.25) is 5.91 Å². The summed E-state index contributed by atoms with van der Waals surface area (Å²) in [5, 5.41) is 2.99. The molecule has 0 aliphatic carbocycles. The molecule has 0 saturated carbocycles. The first kappa shape index (κ1) is 13.5. The fourth-order valence-electron chi connectivity index (χ4n) is 2.14. The molecule has 16 heavy (non-hydrogen) atoms. The number of nitrogens with two attached hydrogens (primary N) is 1. The van der Waals surface area contributed by atoms with Crippen molar-refractivity contribution in [2.75, 3.05) is 19.7 Å². The molecule has 94 valence electrons. The third-order valence-electron chi connectivity index (χ3n) is 3.13. The Morgan fingerprint density at radius 1 is 1.44 bits per heavy atom. The average Bonchev–Trinajstić information content (AvgIpc) is 2.76. The predicted molar refractivity (Wildman–Crippen MR) is 64.1 cm³/mol. The van der Waals surface area contributed by atoms with E-state index in [1.54, 1.807) is 0 Å². The third kappa shape index (κ3) is 4.10. The predicted octanol–water partition coefficient (Wildman–Crippen LogP) is 1.05. The lowest BCUT2D eigenvalue weighted by molar-refractivity contribution is -0.126. The molecule has 2 unspecified atom stereocenters. The highest BCUT2D eigenvalue weighted by atomic mass is 16.5. The van der Waals surface area contributed by atoms with Crippen LogP contribution in [0.4, 0.5) is 0 Å². The van der Waals surface area contributed by atoms with Gasteiger partial charge >= 0.3 is 0 Å². The first-order valence-electron chi connectivity index (χ1n) is 6.39. The molecule has 1 fully saturated rings. The Morgan fingerprint density at radius 2 is 2.25 bits per heavy atom. The van der Waals surface area contributed by atoms with Gasteiger partial charge in [-0.3, -0.25) is 4.79 Å². The van der Waals surface area contributed by atoms with Gasteiger partial charge in [0.15, 0.2) is 0 Å². The van der Waals surface area contributed by atoms with Crippen LogP contribution in [-0.4, -0.2) is 31.7 Å². The Labute approximate surface area is 97.9 Å². The van der Waals surface area contributed by atoms with Crippen LogP contribution in [0.2, 0.25) is 0 Å². The smallest absolute Gasteiger partial charge is 0.225 e. The largest absolute Gasteiger partial charge is 0.377 e. The van der Waals surface area contributed by atoms with E-state index in [4.69, 9.17) is 10.5 Å². The van der Waals surface area contributed by atoms with Crippen molar-refractivity contribution >= 4 is 5.91 Å². The van der Waals surface area contributed by atoms with Crippen LogP contribution in [0, 0.1) is 5.92 Å². The van der Waals surface area contributed by atoms with E-state index >= 15 is 0 Å². The zero-order valence-electron chi connectivity index (χ0n) is 10.2. The number of nitrogens with one attached hydrogen (secondary N) is 1. The number of rotatable bonds is 7. The zero-order chi connectivity index (χ0) is 11.8. The van der Waals surface area contributed by atoms with Crippen molar-refractivity contribution in [3.05, 3.63) is 0 Å². The van der Waals surface area contributed by atoms with Gasteiger partial charge in [-0.1, -0.05) is 13.3 Å². The summed E-state index contributed by atoms with van der Waals surface area (Å²) in [6.07, 6.45) is 5.07. The van der Waals surface area contributed by atoms with E-state index in [-0.39, 0.29) is 17.9 Å². The summed E-state index contributed by atoms with van der Waals surface area (Å²) >= 11 is 0. The van der Waals surface area contributed by atoms with Crippen LogP contribution in [0.25, 0.3) is 0 Å². The van der Waals surface area contributed by atoms with Gasteiger partial charge in [0.25, 0.3) is 0 Å². The zero-order valence-corrected chi connectivity index (χ0v) is 10.2. The van der Waals surface area contributed by atoms with Crippen molar-refractivity contribution in [3.63, 3.8) is 0 Å². The topological polar surface area (TPSA) is 64.3 Å². The summed E-state index contributed by atoms with van der Waals surface area (Å²) in [6.45, 7) is 4.30. The monoisotopic (exact) mass is 228 g/mol. The van der Waals surface area contributed by atoms with E-state index < -0.39 is 0 Å². The number of hydrogen-bond acceptors (Lipinski definition) is 3. The molecule has 0 aromatic heterocycles. The van der Waals surface area contributed by atoms with Gasteiger partial charge in [-0.25, -0.2) is 0 Å². The summed E-state index contributed by atoms with van der Waals surface area (Å²) in [4.78, 5) is 11.8. The van der Waals surface area contributed by atoms with Gasteiger partial charge in [-0.2, -0.15) is 0 Å². The maximum atomic E-state index is 11.8. The lowest BCUT2D eigenvalue weighted by Crippen LogP contribution is -2.35. The first-order chi connectivity index (χ1) is 7.79. The van der Waals surface area contributed by atoms with Crippen LogP contribution in [0.3, 0.4) is 0 Å². The normalized spacial score (nSPS) is 24.6. The minimum atomic E-state index is 0.0690. The van der Waals surface area contributed by atoms with Crippen molar-refractivity contribution in [3.8, 4) is 0 Å². The molecule has 0 aromatic rings. The Morgan fingerprint density at radius 3 is 2.94 bits per heavy atom. The standard InChI is InChI=1S/C12H24N2O2/c1-2-11-10(6-9-16-11)12(15)14-8-5-3-4-7-13/h10-11H,2-9,13H2,1H3,(H,14,15). The van der Waals surface area contributed by atoms with Crippen LogP contribution >= 0.6 is 0 Å². The molecule has 3 N–H and O–H groups in total. The Hall–Kier alpha value is -0.610. The molecule has 2 atom stereocenters. The highest BCUT2D eigenvalue weighted by Crippen LogP contribution is 2.23. The van der Waals surface area contributed by atoms with Crippen molar-refractivity contribution in [2.45, 2.75) is 45.1 Å². The van der Waals surface area contributed by atoms with Crippen molar-refractivity contribution < 1.29 is 9.53 Å². The second-order valence-corrected chi connectivity index (χ2v) is 4.35. The van der Waals surface area contributed by atoms with Gasteiger partial charge in [0, 0.05) is 13.2 Å². The number of ether oxygens (including phenoxy) is 1. The molecule has 1 amide bonds. The molecule has 0 spiro atoms. The second-order valence-electron chi connectivity index (χ2n) is 4.35. The summed E-state index contributed by atoms with van der Waals surface area (Å²) in [7, 11) is 0. The summed E-state index contributed by atoms with van der Waals surface area (Å²) < 4.78 is 5.50. The van der Waals surface area contributed by atoms with E-state index in [9.17, 15) is 4.79 Å².